The fourth-order valence-electron chi connectivity index (χ4n) is 3.13. The molecule has 4 rings (SSSR count). The molecule has 1 saturated heterocycles. The number of aromatic nitrogens is 3. The molecule has 0 spiro atoms. The maximum atomic E-state index is 12.4. The average Bonchev–Trinajstić information content (AvgIpc) is 3.30. The van der Waals surface area contributed by atoms with Crippen LogP contribution in [0.25, 0.3) is 11.3 Å². The van der Waals surface area contributed by atoms with Crippen molar-refractivity contribution < 1.29 is 9.15 Å². The van der Waals surface area contributed by atoms with Crippen LogP contribution < -0.4 is 10.9 Å². The van der Waals surface area contributed by atoms with Gasteiger partial charge in [-0.3, -0.25) is 9.78 Å². The van der Waals surface area contributed by atoms with Crippen molar-refractivity contribution in [2.45, 2.75) is 25.6 Å². The summed E-state index contributed by atoms with van der Waals surface area (Å²) in [5, 5.41) is 7.98. The molecule has 2 atom stereocenters. The smallest absolute Gasteiger partial charge is 0.267 e. The summed E-state index contributed by atoms with van der Waals surface area (Å²) in [5.74, 6) is 1.74. The van der Waals surface area contributed by atoms with Gasteiger partial charge in [-0.2, -0.15) is 5.10 Å². The second-order valence-electron chi connectivity index (χ2n) is 6.34. The van der Waals surface area contributed by atoms with E-state index in [0.29, 0.717) is 19.8 Å². The number of aryl methyl sites for hydroxylation is 1. The third kappa shape index (κ3) is 3.44. The third-order valence-corrected chi connectivity index (χ3v) is 4.50. The quantitative estimate of drug-likeness (QED) is 0.756. The van der Waals surface area contributed by atoms with Crippen LogP contribution in [0.2, 0.25) is 0 Å². The van der Waals surface area contributed by atoms with Crippen LogP contribution in [0.5, 0.6) is 0 Å². The van der Waals surface area contributed by atoms with E-state index in [0.717, 1.165) is 22.8 Å². The van der Waals surface area contributed by atoms with Crippen LogP contribution in [0, 0.1) is 6.92 Å². The number of rotatable bonds is 5. The molecule has 1 N–H and O–H groups in total. The Morgan fingerprint density at radius 3 is 2.77 bits per heavy atom. The SMILES string of the molecule is Cc1ccc(CNC2COCC2n2nc(-c3ccncc3)ccc2=O)o1. The molecule has 0 aromatic carbocycles. The highest BCUT2D eigenvalue weighted by Gasteiger charge is 2.31. The number of pyridine rings is 1. The molecule has 3 aromatic heterocycles. The fourth-order valence-corrected chi connectivity index (χ4v) is 3.13. The molecule has 134 valence electrons. The Morgan fingerprint density at radius 1 is 1.15 bits per heavy atom. The predicted octanol–water partition coefficient (Wildman–Crippen LogP) is 1.94. The number of hydrogen-bond donors (Lipinski definition) is 1. The number of hydrogen-bond acceptors (Lipinski definition) is 6. The molecule has 0 bridgehead atoms. The predicted molar refractivity (Wildman–Crippen MR) is 95.7 cm³/mol. The van der Waals surface area contributed by atoms with E-state index in [1.54, 1.807) is 24.5 Å². The van der Waals surface area contributed by atoms with Crippen molar-refractivity contribution in [2.75, 3.05) is 13.2 Å². The van der Waals surface area contributed by atoms with Crippen molar-refractivity contribution in [3.63, 3.8) is 0 Å². The first-order valence-corrected chi connectivity index (χ1v) is 8.57. The van der Waals surface area contributed by atoms with Crippen LogP contribution in [0.1, 0.15) is 17.6 Å². The topological polar surface area (TPSA) is 82.2 Å². The first kappa shape index (κ1) is 16.7. The van der Waals surface area contributed by atoms with E-state index in [9.17, 15) is 4.79 Å². The standard InChI is InChI=1S/C19H20N4O3/c1-13-2-3-15(26-13)10-21-17-11-25-12-18(17)23-19(24)5-4-16(22-23)14-6-8-20-9-7-14/h2-9,17-18,21H,10-12H2,1H3. The minimum absolute atomic E-state index is 0.0155. The van der Waals surface area contributed by atoms with Crippen LogP contribution in [-0.2, 0) is 11.3 Å². The van der Waals surface area contributed by atoms with Crippen LogP contribution >= 0.6 is 0 Å². The number of nitrogens with zero attached hydrogens (tertiary/aromatic N) is 3. The van der Waals surface area contributed by atoms with Crippen LogP contribution in [-0.4, -0.2) is 34.0 Å². The Bertz CT molecular complexity index is 935. The lowest BCUT2D eigenvalue weighted by Gasteiger charge is -2.20. The highest BCUT2D eigenvalue weighted by atomic mass is 16.5. The first-order valence-electron chi connectivity index (χ1n) is 8.57. The summed E-state index contributed by atoms with van der Waals surface area (Å²) in [6, 6.07) is 10.7. The molecule has 1 aliphatic heterocycles. The Hall–Kier alpha value is -2.77. The lowest BCUT2D eigenvalue weighted by Crippen LogP contribution is -2.41. The summed E-state index contributed by atoms with van der Waals surface area (Å²) in [6.07, 6.45) is 3.42. The van der Waals surface area contributed by atoms with E-state index >= 15 is 0 Å². The van der Waals surface area contributed by atoms with Gasteiger partial charge in [0, 0.05) is 24.0 Å². The van der Waals surface area contributed by atoms with Crippen molar-refractivity contribution in [1.29, 1.82) is 0 Å². The largest absolute Gasteiger partial charge is 0.465 e. The third-order valence-electron chi connectivity index (χ3n) is 4.50. The van der Waals surface area contributed by atoms with Crippen molar-refractivity contribution in [2.24, 2.45) is 0 Å². The molecule has 7 heteroatoms. The van der Waals surface area contributed by atoms with Crippen LogP contribution in [0.3, 0.4) is 0 Å². The van der Waals surface area contributed by atoms with Gasteiger partial charge >= 0.3 is 0 Å². The number of nitrogens with one attached hydrogen (secondary N) is 1. The van der Waals surface area contributed by atoms with Crippen LogP contribution in [0.4, 0.5) is 0 Å². The van der Waals surface area contributed by atoms with Crippen LogP contribution in [0.15, 0.2) is 58.0 Å². The van der Waals surface area contributed by atoms with E-state index in [4.69, 9.17) is 9.15 Å². The number of ether oxygens (including phenoxy) is 1. The van der Waals surface area contributed by atoms with E-state index in [1.807, 2.05) is 31.2 Å². The van der Waals surface area contributed by atoms with Crippen molar-refractivity contribution in [1.82, 2.24) is 20.1 Å². The maximum absolute atomic E-state index is 12.4. The fraction of sp³-hybridized carbons (Fsp3) is 0.316. The molecule has 0 radical (unpaired) electrons. The zero-order valence-electron chi connectivity index (χ0n) is 14.5. The Kier molecular flexibility index (Phi) is 4.64. The van der Waals surface area contributed by atoms with Gasteiger partial charge in [0.05, 0.1) is 37.5 Å². The first-order chi connectivity index (χ1) is 12.7. The second-order valence-corrected chi connectivity index (χ2v) is 6.34. The minimum atomic E-state index is -0.166. The summed E-state index contributed by atoms with van der Waals surface area (Å²) < 4.78 is 12.7. The van der Waals surface area contributed by atoms with Gasteiger partial charge in [0.1, 0.15) is 11.5 Å². The molecule has 1 aliphatic rings. The highest BCUT2D eigenvalue weighted by molar-refractivity contribution is 5.57. The number of furan rings is 1. The summed E-state index contributed by atoms with van der Waals surface area (Å²) in [6.45, 7) is 3.47. The normalized spacial score (nSPS) is 19.7. The zero-order chi connectivity index (χ0) is 17.9. The van der Waals surface area contributed by atoms with Gasteiger partial charge in [0.25, 0.3) is 5.56 Å². The van der Waals surface area contributed by atoms with Gasteiger partial charge in [-0.15, -0.1) is 0 Å². The summed E-state index contributed by atoms with van der Waals surface area (Å²) >= 11 is 0. The Labute approximate surface area is 150 Å². The van der Waals surface area contributed by atoms with Gasteiger partial charge in [-0.1, -0.05) is 0 Å². The minimum Gasteiger partial charge on any atom is -0.465 e. The molecule has 3 aromatic rings. The summed E-state index contributed by atoms with van der Waals surface area (Å²) in [7, 11) is 0. The lowest BCUT2D eigenvalue weighted by atomic mass is 10.1. The van der Waals surface area contributed by atoms with Crippen molar-refractivity contribution >= 4 is 0 Å². The summed E-state index contributed by atoms with van der Waals surface area (Å²) in [4.78, 5) is 16.4. The van der Waals surface area contributed by atoms with E-state index in [1.165, 1.54) is 4.68 Å². The van der Waals surface area contributed by atoms with Gasteiger partial charge in [-0.25, -0.2) is 4.68 Å². The summed E-state index contributed by atoms with van der Waals surface area (Å²) in [5.41, 5.74) is 1.52. The van der Waals surface area contributed by atoms with E-state index in [-0.39, 0.29) is 17.6 Å². The van der Waals surface area contributed by atoms with Crippen molar-refractivity contribution in [3.05, 3.63) is 70.7 Å². The molecule has 0 saturated carbocycles. The second kappa shape index (κ2) is 7.23. The Morgan fingerprint density at radius 2 is 2.00 bits per heavy atom. The van der Waals surface area contributed by atoms with Gasteiger partial charge < -0.3 is 14.5 Å². The molecule has 26 heavy (non-hydrogen) atoms. The molecule has 0 amide bonds. The van der Waals surface area contributed by atoms with Gasteiger partial charge in [-0.05, 0) is 37.3 Å². The molecular formula is C19H20N4O3. The molecule has 2 unspecified atom stereocenters. The molecule has 7 nitrogen and oxygen atoms in total. The average molecular weight is 352 g/mol. The molecular weight excluding hydrogens is 332 g/mol. The monoisotopic (exact) mass is 352 g/mol. The lowest BCUT2D eigenvalue weighted by molar-refractivity contribution is 0.180. The highest BCUT2D eigenvalue weighted by Crippen LogP contribution is 2.20. The van der Waals surface area contributed by atoms with Gasteiger partial charge in [0.2, 0.25) is 0 Å². The molecule has 0 aliphatic carbocycles. The van der Waals surface area contributed by atoms with Crippen molar-refractivity contribution in [3.8, 4) is 11.3 Å². The van der Waals surface area contributed by atoms with Gasteiger partial charge in [0.15, 0.2) is 0 Å². The van der Waals surface area contributed by atoms with E-state index < -0.39 is 0 Å². The maximum Gasteiger partial charge on any atom is 0.267 e. The molecule has 4 heterocycles. The molecule has 1 fully saturated rings. The Balaban J connectivity index is 1.56. The van der Waals surface area contributed by atoms with E-state index in [2.05, 4.69) is 15.4 Å². The zero-order valence-corrected chi connectivity index (χ0v) is 14.5.